The van der Waals surface area contributed by atoms with E-state index in [0.29, 0.717) is 0 Å². The van der Waals surface area contributed by atoms with Crippen LogP contribution in [0.25, 0.3) is 35.1 Å². The highest BCUT2D eigenvalue weighted by atomic mass is 15.1. The molecule has 0 atom stereocenters. The summed E-state index contributed by atoms with van der Waals surface area (Å²) < 4.78 is 0. The smallest absolute Gasteiger partial charge is 0.0496 e. The summed E-state index contributed by atoms with van der Waals surface area (Å²) in [7, 11) is 0. The van der Waals surface area contributed by atoms with Crippen molar-refractivity contribution in [1.29, 1.82) is 0 Å². The summed E-state index contributed by atoms with van der Waals surface area (Å²) in [5, 5.41) is 2.48. The standard InChI is InChI=1S/C58H50N2/c1-3-17-51(18-4-1)59(57-23-11-15-47-13-7-9-21-55(47)57)53-37-31-43(32-38-53)25-27-45-29-35-50-42-46(30-36-49(50)41-45)28-26-44-33-39-54(40-34-44)60(52-19-5-2-6-20-52)58-24-12-16-48-14-8-10-22-56(48)58/h1-6,11-12,15-20,23-42H,7-10,13-14,21-22H2/b27-25+,28-26+. The van der Waals surface area contributed by atoms with E-state index in [0.717, 1.165) is 12.8 Å². The van der Waals surface area contributed by atoms with Crippen molar-refractivity contribution in [2.75, 3.05) is 9.80 Å². The van der Waals surface area contributed by atoms with Gasteiger partial charge in [-0.25, -0.2) is 0 Å². The number of hydrogen-bond donors (Lipinski definition) is 0. The minimum atomic E-state index is 1.14. The highest BCUT2D eigenvalue weighted by molar-refractivity contribution is 5.89. The van der Waals surface area contributed by atoms with Crippen molar-refractivity contribution in [2.24, 2.45) is 0 Å². The SMILES string of the molecule is C(=C\c1ccc2cc(/C=C/c3ccc(N(c4ccccc4)c4cccc5c4CCCC5)cc3)ccc2c1)/c1ccc(N(c2ccccc2)c2cccc3c2CCCC3)cc1. The van der Waals surface area contributed by atoms with Crippen molar-refractivity contribution in [3.63, 3.8) is 0 Å². The number of rotatable bonds is 10. The van der Waals surface area contributed by atoms with E-state index in [2.05, 4.69) is 216 Å². The molecule has 2 nitrogen and oxygen atoms in total. The van der Waals surface area contributed by atoms with Crippen LogP contribution in [0, 0.1) is 0 Å². The average Bonchev–Trinajstić information content (AvgIpc) is 3.32. The topological polar surface area (TPSA) is 6.48 Å². The fraction of sp³-hybridized carbons (Fsp3) is 0.138. The second-order valence-corrected chi connectivity index (χ2v) is 16.3. The van der Waals surface area contributed by atoms with Crippen molar-refractivity contribution in [3.8, 4) is 0 Å². The van der Waals surface area contributed by atoms with E-state index in [-0.39, 0.29) is 0 Å². The van der Waals surface area contributed by atoms with Gasteiger partial charge in [0.05, 0.1) is 0 Å². The number of para-hydroxylation sites is 2. The van der Waals surface area contributed by atoms with Gasteiger partial charge in [0.15, 0.2) is 0 Å². The van der Waals surface area contributed by atoms with Gasteiger partial charge >= 0.3 is 0 Å². The molecule has 8 aromatic rings. The minimum Gasteiger partial charge on any atom is -0.310 e. The molecule has 0 unspecified atom stereocenters. The first-order valence-electron chi connectivity index (χ1n) is 21.8. The number of aryl methyl sites for hydroxylation is 2. The summed E-state index contributed by atoms with van der Waals surface area (Å²) in [5.41, 5.74) is 18.1. The number of benzene rings is 8. The molecule has 2 heteroatoms. The zero-order valence-corrected chi connectivity index (χ0v) is 34.2. The first kappa shape index (κ1) is 37.4. The summed E-state index contributed by atoms with van der Waals surface area (Å²) >= 11 is 0. The lowest BCUT2D eigenvalue weighted by Crippen LogP contribution is -2.15. The summed E-state index contributed by atoms with van der Waals surface area (Å²) in [6.45, 7) is 0. The number of anilines is 6. The molecule has 0 aromatic heterocycles. The number of nitrogens with zero attached hydrogens (tertiary/aromatic N) is 2. The van der Waals surface area contributed by atoms with Gasteiger partial charge in [-0.05, 0) is 179 Å². The van der Waals surface area contributed by atoms with Crippen LogP contribution in [0.3, 0.4) is 0 Å². The van der Waals surface area contributed by atoms with Crippen molar-refractivity contribution in [1.82, 2.24) is 0 Å². The maximum atomic E-state index is 2.43. The van der Waals surface area contributed by atoms with Gasteiger partial charge in [-0.2, -0.15) is 0 Å². The Kier molecular flexibility index (Phi) is 10.7. The molecule has 0 saturated heterocycles. The van der Waals surface area contributed by atoms with Crippen LogP contribution in [0.4, 0.5) is 34.1 Å². The molecule has 0 bridgehead atoms. The van der Waals surface area contributed by atoms with Gasteiger partial charge < -0.3 is 9.80 Å². The van der Waals surface area contributed by atoms with Crippen molar-refractivity contribution >= 4 is 69.2 Å². The average molecular weight is 775 g/mol. The van der Waals surface area contributed by atoms with Gasteiger partial charge in [0.2, 0.25) is 0 Å². The second-order valence-electron chi connectivity index (χ2n) is 16.3. The molecule has 0 saturated carbocycles. The predicted octanol–water partition coefficient (Wildman–Crippen LogP) is 15.9. The van der Waals surface area contributed by atoms with Crippen LogP contribution < -0.4 is 9.80 Å². The van der Waals surface area contributed by atoms with E-state index in [9.17, 15) is 0 Å². The third-order valence-corrected chi connectivity index (χ3v) is 12.4. The van der Waals surface area contributed by atoms with E-state index in [1.807, 2.05) is 0 Å². The Morgan fingerprint density at radius 3 is 1.10 bits per heavy atom. The van der Waals surface area contributed by atoms with Gasteiger partial charge in [0.1, 0.15) is 0 Å². The summed E-state index contributed by atoms with van der Waals surface area (Å²) in [5.74, 6) is 0. The van der Waals surface area contributed by atoms with E-state index in [4.69, 9.17) is 0 Å². The zero-order valence-electron chi connectivity index (χ0n) is 34.2. The molecule has 0 aliphatic heterocycles. The third kappa shape index (κ3) is 7.94. The molecular weight excluding hydrogens is 725 g/mol. The number of fused-ring (bicyclic) bond motifs is 3. The van der Waals surface area contributed by atoms with E-state index < -0.39 is 0 Å². The van der Waals surface area contributed by atoms with Crippen LogP contribution >= 0.6 is 0 Å². The van der Waals surface area contributed by atoms with Gasteiger partial charge in [0.25, 0.3) is 0 Å². The fourth-order valence-corrected chi connectivity index (χ4v) is 9.29. The Balaban J connectivity index is 0.841. The van der Waals surface area contributed by atoms with Gasteiger partial charge in [-0.15, -0.1) is 0 Å². The quantitative estimate of drug-likeness (QED) is 0.128. The van der Waals surface area contributed by atoms with Crippen molar-refractivity contribution in [2.45, 2.75) is 51.4 Å². The first-order chi connectivity index (χ1) is 29.7. The third-order valence-electron chi connectivity index (χ3n) is 12.4. The van der Waals surface area contributed by atoms with Gasteiger partial charge in [-0.1, -0.05) is 133 Å². The maximum absolute atomic E-state index is 2.43. The van der Waals surface area contributed by atoms with Crippen LogP contribution in [0.5, 0.6) is 0 Å². The lowest BCUT2D eigenvalue weighted by atomic mass is 9.90. The fourth-order valence-electron chi connectivity index (χ4n) is 9.29. The summed E-state index contributed by atoms with van der Waals surface area (Å²) in [6.07, 6.45) is 18.6. The van der Waals surface area contributed by atoms with Crippen LogP contribution in [0.2, 0.25) is 0 Å². The Hall–Kier alpha value is -6.90. The molecule has 0 amide bonds. The van der Waals surface area contributed by atoms with Crippen LogP contribution in [-0.4, -0.2) is 0 Å². The molecule has 0 N–H and O–H groups in total. The molecular formula is C58H50N2. The Bertz CT molecular complexity index is 2600. The largest absolute Gasteiger partial charge is 0.310 e. The summed E-state index contributed by atoms with van der Waals surface area (Å²) in [6, 6.07) is 66.7. The number of hydrogen-bond acceptors (Lipinski definition) is 2. The highest BCUT2D eigenvalue weighted by Gasteiger charge is 2.21. The first-order valence-corrected chi connectivity index (χ1v) is 21.8. The van der Waals surface area contributed by atoms with E-state index >= 15 is 0 Å². The van der Waals surface area contributed by atoms with Crippen LogP contribution in [-0.2, 0) is 25.7 Å². The Labute approximate surface area is 355 Å². The zero-order chi connectivity index (χ0) is 40.1. The Morgan fingerprint density at radius 2 is 0.667 bits per heavy atom. The monoisotopic (exact) mass is 774 g/mol. The molecule has 60 heavy (non-hydrogen) atoms. The van der Waals surface area contributed by atoms with Crippen molar-refractivity contribution in [3.05, 3.63) is 226 Å². The van der Waals surface area contributed by atoms with E-state index in [1.165, 1.54) is 128 Å². The van der Waals surface area contributed by atoms with E-state index in [1.54, 1.807) is 0 Å². The molecule has 10 rings (SSSR count). The summed E-state index contributed by atoms with van der Waals surface area (Å²) in [4.78, 5) is 4.86. The highest BCUT2D eigenvalue weighted by Crippen LogP contribution is 2.41. The minimum absolute atomic E-state index is 1.14. The van der Waals surface area contributed by atoms with Crippen LogP contribution in [0.1, 0.15) is 70.2 Å². The molecule has 0 heterocycles. The van der Waals surface area contributed by atoms with Crippen LogP contribution in [0.15, 0.2) is 182 Å². The molecule has 2 aliphatic carbocycles. The predicted molar refractivity (Wildman–Crippen MR) is 257 cm³/mol. The molecule has 0 spiro atoms. The lowest BCUT2D eigenvalue weighted by Gasteiger charge is -2.30. The normalized spacial score (nSPS) is 13.7. The van der Waals surface area contributed by atoms with Gasteiger partial charge in [0, 0.05) is 34.1 Å². The Morgan fingerprint density at radius 1 is 0.300 bits per heavy atom. The molecule has 2 aliphatic rings. The second kappa shape index (κ2) is 17.1. The van der Waals surface area contributed by atoms with Crippen molar-refractivity contribution < 1.29 is 0 Å². The van der Waals surface area contributed by atoms with Gasteiger partial charge in [-0.3, -0.25) is 0 Å². The molecule has 8 aromatic carbocycles. The maximum Gasteiger partial charge on any atom is 0.0496 e. The molecule has 0 radical (unpaired) electrons. The molecule has 0 fully saturated rings. The molecule has 292 valence electrons. The lowest BCUT2D eigenvalue weighted by molar-refractivity contribution is 0.686.